The minimum absolute atomic E-state index is 0.0815. The molecule has 0 aliphatic heterocycles. The second-order valence-corrected chi connectivity index (χ2v) is 7.70. The van der Waals surface area contributed by atoms with Crippen molar-refractivity contribution in [2.75, 3.05) is 26.4 Å². The molecule has 2 N–H and O–H groups in total. The Morgan fingerprint density at radius 2 is 1.26 bits per heavy atom. The normalized spacial score (nSPS) is 11.9. The Morgan fingerprint density at radius 3 is 1.67 bits per heavy atom. The van der Waals surface area contributed by atoms with E-state index in [1.165, 1.54) is 0 Å². The fourth-order valence-electron chi connectivity index (χ4n) is 3.14. The third-order valence-electron chi connectivity index (χ3n) is 4.63. The van der Waals surface area contributed by atoms with Gasteiger partial charge in [0.1, 0.15) is 0 Å². The van der Waals surface area contributed by atoms with Crippen LogP contribution in [0.15, 0.2) is 53.0 Å². The molecule has 0 unspecified atom stereocenters. The first-order chi connectivity index (χ1) is 13.1. The highest BCUT2D eigenvalue weighted by atomic mass is 79.9. The summed E-state index contributed by atoms with van der Waals surface area (Å²) in [6, 6.07) is 16.0. The van der Waals surface area contributed by atoms with Crippen LogP contribution in [0.25, 0.3) is 0 Å². The SMILES string of the molecule is CCOC(OCC)c1ccc(CC(CO)(CO)Cc2ccc(Br)cc2)cc1. The van der Waals surface area contributed by atoms with Crippen molar-refractivity contribution in [1.29, 1.82) is 0 Å². The number of halogens is 1. The van der Waals surface area contributed by atoms with Gasteiger partial charge in [-0.15, -0.1) is 0 Å². The minimum atomic E-state index is -0.603. The Hall–Kier alpha value is -1.24. The Kier molecular flexibility index (Phi) is 8.93. The third kappa shape index (κ3) is 6.40. The molecule has 0 saturated carbocycles. The molecule has 2 rings (SSSR count). The van der Waals surface area contributed by atoms with E-state index in [1.807, 2.05) is 62.4 Å². The first-order valence-electron chi connectivity index (χ1n) is 9.34. The van der Waals surface area contributed by atoms with Crippen LogP contribution in [0, 0.1) is 5.41 Å². The number of aliphatic hydroxyl groups is 2. The van der Waals surface area contributed by atoms with Gasteiger partial charge in [0, 0.05) is 28.7 Å². The van der Waals surface area contributed by atoms with Crippen LogP contribution in [0.1, 0.15) is 36.8 Å². The summed E-state index contributed by atoms with van der Waals surface area (Å²) in [6.45, 7) is 4.89. The van der Waals surface area contributed by atoms with Crippen LogP contribution in [-0.4, -0.2) is 36.6 Å². The van der Waals surface area contributed by atoms with E-state index < -0.39 is 5.41 Å². The van der Waals surface area contributed by atoms with Crippen molar-refractivity contribution in [3.05, 3.63) is 69.7 Å². The van der Waals surface area contributed by atoms with Crippen molar-refractivity contribution in [2.24, 2.45) is 5.41 Å². The largest absolute Gasteiger partial charge is 0.396 e. The summed E-state index contributed by atoms with van der Waals surface area (Å²) in [4.78, 5) is 0. The number of aliphatic hydroxyl groups excluding tert-OH is 2. The molecule has 0 atom stereocenters. The van der Waals surface area contributed by atoms with Gasteiger partial charge in [-0.2, -0.15) is 0 Å². The first kappa shape index (κ1) is 22.1. The molecule has 4 nitrogen and oxygen atoms in total. The van der Waals surface area contributed by atoms with Gasteiger partial charge < -0.3 is 19.7 Å². The average molecular weight is 437 g/mol. The number of hydrogen-bond donors (Lipinski definition) is 2. The van der Waals surface area contributed by atoms with Crippen molar-refractivity contribution >= 4 is 15.9 Å². The number of benzene rings is 2. The smallest absolute Gasteiger partial charge is 0.183 e. The summed E-state index contributed by atoms with van der Waals surface area (Å²) >= 11 is 3.43. The quantitative estimate of drug-likeness (QED) is 0.516. The first-order valence-corrected chi connectivity index (χ1v) is 10.1. The van der Waals surface area contributed by atoms with Gasteiger partial charge in [0.15, 0.2) is 6.29 Å². The van der Waals surface area contributed by atoms with Gasteiger partial charge in [0.2, 0.25) is 0 Å². The molecule has 0 radical (unpaired) electrons. The summed E-state index contributed by atoms with van der Waals surface area (Å²) in [6.07, 6.45) is 0.831. The van der Waals surface area contributed by atoms with Gasteiger partial charge in [-0.3, -0.25) is 0 Å². The molecule has 148 valence electrons. The number of rotatable bonds is 11. The molecule has 2 aromatic carbocycles. The Bertz CT molecular complexity index is 660. The number of hydrogen-bond acceptors (Lipinski definition) is 4. The molecule has 0 aromatic heterocycles. The van der Waals surface area contributed by atoms with E-state index in [2.05, 4.69) is 15.9 Å². The van der Waals surface area contributed by atoms with Crippen LogP contribution >= 0.6 is 15.9 Å². The van der Waals surface area contributed by atoms with Gasteiger partial charge in [-0.1, -0.05) is 52.3 Å². The maximum atomic E-state index is 10.0. The summed E-state index contributed by atoms with van der Waals surface area (Å²) in [5, 5.41) is 20.1. The zero-order valence-corrected chi connectivity index (χ0v) is 17.6. The van der Waals surface area contributed by atoms with Crippen molar-refractivity contribution in [2.45, 2.75) is 33.0 Å². The van der Waals surface area contributed by atoms with E-state index >= 15 is 0 Å². The predicted octanol–water partition coefficient (Wildman–Crippen LogP) is 4.28. The van der Waals surface area contributed by atoms with Crippen molar-refractivity contribution < 1.29 is 19.7 Å². The second kappa shape index (κ2) is 10.9. The third-order valence-corrected chi connectivity index (χ3v) is 5.16. The molecule has 0 aliphatic rings. The molecule has 0 aliphatic carbocycles. The maximum Gasteiger partial charge on any atom is 0.183 e. The molecule has 27 heavy (non-hydrogen) atoms. The molecule has 2 aromatic rings. The molecular formula is C22H29BrO4. The molecule has 0 heterocycles. The average Bonchev–Trinajstić information content (AvgIpc) is 2.69. The van der Waals surface area contributed by atoms with Crippen LogP contribution in [-0.2, 0) is 22.3 Å². The van der Waals surface area contributed by atoms with Crippen LogP contribution < -0.4 is 0 Å². The fourth-order valence-corrected chi connectivity index (χ4v) is 3.40. The lowest BCUT2D eigenvalue weighted by atomic mass is 9.78. The summed E-state index contributed by atoms with van der Waals surface area (Å²) in [7, 11) is 0. The van der Waals surface area contributed by atoms with Crippen molar-refractivity contribution in [1.82, 2.24) is 0 Å². The highest BCUT2D eigenvalue weighted by molar-refractivity contribution is 9.10. The fraction of sp³-hybridized carbons (Fsp3) is 0.455. The minimum Gasteiger partial charge on any atom is -0.396 e. The summed E-state index contributed by atoms with van der Waals surface area (Å²) in [5.41, 5.74) is 2.51. The van der Waals surface area contributed by atoms with E-state index in [4.69, 9.17) is 9.47 Å². The molecule has 0 amide bonds. The van der Waals surface area contributed by atoms with E-state index in [-0.39, 0.29) is 19.5 Å². The van der Waals surface area contributed by atoms with E-state index in [0.717, 1.165) is 21.2 Å². The van der Waals surface area contributed by atoms with Gasteiger partial charge in [-0.05, 0) is 49.9 Å². The lowest BCUT2D eigenvalue weighted by molar-refractivity contribution is -0.140. The van der Waals surface area contributed by atoms with Crippen molar-refractivity contribution in [3.8, 4) is 0 Å². The predicted molar refractivity (Wildman–Crippen MR) is 111 cm³/mol. The standard InChI is InChI=1S/C22H29BrO4/c1-3-26-21(27-4-2)19-9-5-17(6-10-19)13-22(15-24,16-25)14-18-7-11-20(23)12-8-18/h5-12,21,24-25H,3-4,13-16H2,1-2H3. The summed E-state index contributed by atoms with van der Waals surface area (Å²) in [5.74, 6) is 0. The van der Waals surface area contributed by atoms with E-state index in [0.29, 0.717) is 26.1 Å². The van der Waals surface area contributed by atoms with E-state index in [1.54, 1.807) is 0 Å². The van der Waals surface area contributed by atoms with Gasteiger partial charge in [0.25, 0.3) is 0 Å². The number of ether oxygens (including phenoxy) is 2. The van der Waals surface area contributed by atoms with Crippen LogP contribution in [0.5, 0.6) is 0 Å². The van der Waals surface area contributed by atoms with E-state index in [9.17, 15) is 10.2 Å². The topological polar surface area (TPSA) is 58.9 Å². The zero-order valence-electron chi connectivity index (χ0n) is 16.0. The molecule has 0 fully saturated rings. The Morgan fingerprint density at radius 1 is 0.815 bits per heavy atom. The summed E-state index contributed by atoms with van der Waals surface area (Å²) < 4.78 is 12.3. The molecular weight excluding hydrogens is 408 g/mol. The Labute approximate surface area is 170 Å². The Balaban J connectivity index is 2.14. The molecule has 0 spiro atoms. The monoisotopic (exact) mass is 436 g/mol. The van der Waals surface area contributed by atoms with Gasteiger partial charge >= 0.3 is 0 Å². The lowest BCUT2D eigenvalue weighted by Gasteiger charge is -2.30. The van der Waals surface area contributed by atoms with Crippen molar-refractivity contribution in [3.63, 3.8) is 0 Å². The second-order valence-electron chi connectivity index (χ2n) is 6.78. The lowest BCUT2D eigenvalue weighted by Crippen LogP contribution is -2.34. The van der Waals surface area contributed by atoms with Crippen LogP contribution in [0.4, 0.5) is 0 Å². The maximum absolute atomic E-state index is 10.0. The zero-order chi connectivity index (χ0) is 19.7. The molecule has 0 saturated heterocycles. The van der Waals surface area contributed by atoms with Crippen LogP contribution in [0.3, 0.4) is 0 Å². The highest BCUT2D eigenvalue weighted by Crippen LogP contribution is 2.29. The molecule has 5 heteroatoms. The van der Waals surface area contributed by atoms with Crippen LogP contribution in [0.2, 0.25) is 0 Å². The highest BCUT2D eigenvalue weighted by Gasteiger charge is 2.29. The van der Waals surface area contributed by atoms with Gasteiger partial charge in [0.05, 0.1) is 13.2 Å². The molecule has 0 bridgehead atoms. The van der Waals surface area contributed by atoms with Gasteiger partial charge in [-0.25, -0.2) is 0 Å².